The van der Waals surface area contributed by atoms with E-state index in [4.69, 9.17) is 0 Å². The zero-order chi connectivity index (χ0) is 9.24. The van der Waals surface area contributed by atoms with E-state index in [1.165, 1.54) is 19.3 Å². The zero-order valence-corrected chi connectivity index (χ0v) is 9.79. The maximum Gasteiger partial charge on any atom is 0.0919 e. The van der Waals surface area contributed by atoms with Crippen molar-refractivity contribution in [3.05, 3.63) is 0 Å². The van der Waals surface area contributed by atoms with Gasteiger partial charge in [0.25, 0.3) is 0 Å². The van der Waals surface area contributed by atoms with Gasteiger partial charge in [-0.15, -0.1) is 5.92 Å². The Balaban J connectivity index is 2.36. The smallest absolute Gasteiger partial charge is 0.0919 e. The van der Waals surface area contributed by atoms with Gasteiger partial charge in [0.2, 0.25) is 0 Å². The van der Waals surface area contributed by atoms with Crippen molar-refractivity contribution < 1.29 is 0 Å². The quantitative estimate of drug-likeness (QED) is 0.384. The van der Waals surface area contributed by atoms with E-state index in [1.54, 1.807) is 0 Å². The molecular formula is C11H17Br. The second-order valence-electron chi connectivity index (χ2n) is 4.27. The fourth-order valence-corrected chi connectivity index (χ4v) is 2.09. The average Bonchev–Trinajstić information content (AvgIpc) is 2.45. The van der Waals surface area contributed by atoms with Crippen molar-refractivity contribution in [3.8, 4) is 11.8 Å². The summed E-state index contributed by atoms with van der Waals surface area (Å²) in [5.74, 6) is 6.57. The lowest BCUT2D eigenvalue weighted by Crippen LogP contribution is -2.02. The summed E-state index contributed by atoms with van der Waals surface area (Å²) in [7, 11) is 0. The van der Waals surface area contributed by atoms with Gasteiger partial charge in [0.15, 0.2) is 0 Å². The van der Waals surface area contributed by atoms with Crippen LogP contribution in [0, 0.1) is 17.3 Å². The van der Waals surface area contributed by atoms with Gasteiger partial charge in [-0.25, -0.2) is 0 Å². The summed E-state index contributed by atoms with van der Waals surface area (Å²) in [5, 5.41) is 0. The lowest BCUT2D eigenvalue weighted by atomic mass is 10.1. The Hall–Kier alpha value is 0.0400. The van der Waals surface area contributed by atoms with Crippen LogP contribution in [0.4, 0.5) is 0 Å². The molecule has 0 spiro atoms. The third kappa shape index (κ3) is 2.04. The molecule has 1 aliphatic rings. The Kier molecular flexibility index (Phi) is 2.88. The number of unbranched alkanes of at least 4 members (excludes halogenated alkanes) is 2. The van der Waals surface area contributed by atoms with Gasteiger partial charge in [0.05, 0.1) is 4.32 Å². The van der Waals surface area contributed by atoms with Crippen LogP contribution in [-0.4, -0.2) is 4.32 Å². The third-order valence-corrected chi connectivity index (χ3v) is 4.13. The molecule has 1 aliphatic carbocycles. The SMILES string of the molecule is CCCCC#CC1(Br)CC1(C)C. The summed E-state index contributed by atoms with van der Waals surface area (Å²) in [6, 6.07) is 0. The monoisotopic (exact) mass is 228 g/mol. The predicted octanol–water partition coefficient (Wildman–Crippen LogP) is 3.74. The Morgan fingerprint density at radius 3 is 2.42 bits per heavy atom. The second kappa shape index (κ2) is 3.42. The minimum absolute atomic E-state index is 0.147. The number of hydrogen-bond donors (Lipinski definition) is 0. The van der Waals surface area contributed by atoms with Crippen LogP contribution in [0.3, 0.4) is 0 Å². The summed E-state index contributed by atoms with van der Waals surface area (Å²) in [5.41, 5.74) is 0.395. The summed E-state index contributed by atoms with van der Waals surface area (Å²) >= 11 is 3.69. The molecule has 0 heterocycles. The molecular weight excluding hydrogens is 212 g/mol. The summed E-state index contributed by atoms with van der Waals surface area (Å²) in [4.78, 5) is 0. The maximum atomic E-state index is 3.69. The van der Waals surface area contributed by atoms with Crippen molar-refractivity contribution in [2.75, 3.05) is 0 Å². The van der Waals surface area contributed by atoms with Crippen LogP contribution in [0.1, 0.15) is 46.5 Å². The first-order valence-electron chi connectivity index (χ1n) is 4.71. The molecule has 12 heavy (non-hydrogen) atoms. The Labute approximate surface area is 84.2 Å². The van der Waals surface area contributed by atoms with Crippen LogP contribution in [0.25, 0.3) is 0 Å². The molecule has 0 N–H and O–H groups in total. The highest BCUT2D eigenvalue weighted by molar-refractivity contribution is 9.10. The van der Waals surface area contributed by atoms with Gasteiger partial charge in [0, 0.05) is 6.42 Å². The fourth-order valence-electron chi connectivity index (χ4n) is 1.25. The molecule has 1 fully saturated rings. The van der Waals surface area contributed by atoms with Crippen molar-refractivity contribution in [1.29, 1.82) is 0 Å². The molecule has 0 aromatic heterocycles. The van der Waals surface area contributed by atoms with Gasteiger partial charge in [0.1, 0.15) is 0 Å². The Bertz CT molecular complexity index is 219. The molecule has 0 saturated heterocycles. The van der Waals surface area contributed by atoms with Crippen molar-refractivity contribution in [2.24, 2.45) is 5.41 Å². The minimum atomic E-state index is 0.147. The van der Waals surface area contributed by atoms with Crippen LogP contribution in [0.15, 0.2) is 0 Å². The predicted molar refractivity (Wildman–Crippen MR) is 57.4 cm³/mol. The van der Waals surface area contributed by atoms with Crippen LogP contribution >= 0.6 is 15.9 Å². The third-order valence-electron chi connectivity index (χ3n) is 2.58. The molecule has 0 nitrogen and oxygen atoms in total. The van der Waals surface area contributed by atoms with Crippen LogP contribution in [0.5, 0.6) is 0 Å². The first kappa shape index (κ1) is 10.1. The van der Waals surface area contributed by atoms with Crippen LogP contribution < -0.4 is 0 Å². The lowest BCUT2D eigenvalue weighted by Gasteiger charge is -2.02. The lowest BCUT2D eigenvalue weighted by molar-refractivity contribution is 0.635. The van der Waals surface area contributed by atoms with Gasteiger partial charge in [-0.1, -0.05) is 49.0 Å². The highest BCUT2D eigenvalue weighted by Gasteiger charge is 2.58. The normalized spacial score (nSPS) is 30.7. The highest BCUT2D eigenvalue weighted by Crippen LogP contribution is 2.61. The molecule has 0 aromatic carbocycles. The molecule has 0 radical (unpaired) electrons. The highest BCUT2D eigenvalue weighted by atomic mass is 79.9. The van der Waals surface area contributed by atoms with Crippen molar-refractivity contribution in [1.82, 2.24) is 0 Å². The van der Waals surface area contributed by atoms with E-state index in [2.05, 4.69) is 48.5 Å². The van der Waals surface area contributed by atoms with E-state index in [0.29, 0.717) is 5.41 Å². The molecule has 1 saturated carbocycles. The van der Waals surface area contributed by atoms with E-state index in [9.17, 15) is 0 Å². The number of halogens is 1. The van der Waals surface area contributed by atoms with Crippen molar-refractivity contribution >= 4 is 15.9 Å². The van der Waals surface area contributed by atoms with Gasteiger partial charge in [-0.3, -0.25) is 0 Å². The molecule has 68 valence electrons. The largest absolute Gasteiger partial charge is 0.102 e. The topological polar surface area (TPSA) is 0 Å². The first-order chi connectivity index (χ1) is 5.52. The fraction of sp³-hybridized carbons (Fsp3) is 0.818. The Morgan fingerprint density at radius 1 is 1.42 bits per heavy atom. The first-order valence-corrected chi connectivity index (χ1v) is 5.50. The standard InChI is InChI=1S/C11H17Br/c1-4-5-6-7-8-11(12)9-10(11,2)3/h4-6,9H2,1-3H3. The number of hydrogen-bond acceptors (Lipinski definition) is 0. The molecule has 0 amide bonds. The van der Waals surface area contributed by atoms with Crippen LogP contribution in [0.2, 0.25) is 0 Å². The molecule has 1 heteroatoms. The van der Waals surface area contributed by atoms with Gasteiger partial charge < -0.3 is 0 Å². The van der Waals surface area contributed by atoms with Gasteiger partial charge in [-0.05, 0) is 18.3 Å². The molecule has 0 aliphatic heterocycles. The van der Waals surface area contributed by atoms with Gasteiger partial charge >= 0.3 is 0 Å². The average molecular weight is 229 g/mol. The molecule has 1 atom stereocenters. The molecule has 0 bridgehead atoms. The molecule has 1 rings (SSSR count). The van der Waals surface area contributed by atoms with Crippen molar-refractivity contribution in [3.63, 3.8) is 0 Å². The summed E-state index contributed by atoms with van der Waals surface area (Å²) < 4.78 is 0.147. The van der Waals surface area contributed by atoms with Gasteiger partial charge in [-0.2, -0.15) is 0 Å². The van der Waals surface area contributed by atoms with Crippen molar-refractivity contribution in [2.45, 2.75) is 50.8 Å². The molecule has 1 unspecified atom stereocenters. The number of alkyl halides is 1. The van der Waals surface area contributed by atoms with E-state index < -0.39 is 0 Å². The second-order valence-corrected chi connectivity index (χ2v) is 5.62. The van der Waals surface area contributed by atoms with E-state index >= 15 is 0 Å². The van der Waals surface area contributed by atoms with E-state index in [0.717, 1.165) is 6.42 Å². The minimum Gasteiger partial charge on any atom is -0.102 e. The summed E-state index contributed by atoms with van der Waals surface area (Å²) in [6.45, 7) is 6.72. The zero-order valence-electron chi connectivity index (χ0n) is 8.21. The maximum absolute atomic E-state index is 3.69. The Morgan fingerprint density at radius 2 is 2.00 bits per heavy atom. The van der Waals surface area contributed by atoms with Crippen LogP contribution in [-0.2, 0) is 0 Å². The number of rotatable bonds is 2. The van der Waals surface area contributed by atoms with E-state index in [-0.39, 0.29) is 4.32 Å². The molecule has 0 aromatic rings. The van der Waals surface area contributed by atoms with E-state index in [1.807, 2.05) is 0 Å². The summed E-state index contributed by atoms with van der Waals surface area (Å²) in [6.07, 6.45) is 4.73.